The van der Waals surface area contributed by atoms with Crippen molar-refractivity contribution in [2.45, 2.75) is 87.2 Å². The quantitative estimate of drug-likeness (QED) is 0.138. The zero-order chi connectivity index (χ0) is 42.8. The van der Waals surface area contributed by atoms with Gasteiger partial charge in [-0.2, -0.15) is 7.11 Å². The number of rotatable bonds is 10. The second-order valence-electron chi connectivity index (χ2n) is 13.3. The number of ether oxygens (including phenoxy) is 4. The van der Waals surface area contributed by atoms with E-state index in [4.69, 9.17) is 70.5 Å². The molecule has 59 heavy (non-hydrogen) atoms. The maximum absolute atomic E-state index is 11.8. The molecule has 0 bridgehead atoms. The summed E-state index contributed by atoms with van der Waals surface area (Å²) in [5.74, 6) is -1.12. The van der Waals surface area contributed by atoms with Gasteiger partial charge in [0.15, 0.2) is 6.10 Å². The molecule has 2 saturated heterocycles. The molecule has 2 unspecified atom stereocenters. The van der Waals surface area contributed by atoms with Gasteiger partial charge in [-0.3, -0.25) is 9.59 Å². The average molecular weight is 979 g/mol. The Morgan fingerprint density at radius 3 is 1.54 bits per heavy atom. The summed E-state index contributed by atoms with van der Waals surface area (Å²) in [5.41, 5.74) is 2.38. The number of esters is 2. The van der Waals surface area contributed by atoms with Crippen LogP contribution in [0.4, 0.5) is 0 Å². The summed E-state index contributed by atoms with van der Waals surface area (Å²) in [5, 5.41) is 39.9. The molecule has 10 nitrogen and oxygen atoms in total. The van der Waals surface area contributed by atoms with Crippen molar-refractivity contribution in [1.82, 2.24) is 0 Å². The molecule has 10 atom stereocenters. The molecule has 4 aromatic rings. The molecule has 3 N–H and O–H groups in total. The molecular formula is C40H45Cl4NaO10S4. The van der Waals surface area contributed by atoms with E-state index in [-0.39, 0.29) is 41.6 Å². The van der Waals surface area contributed by atoms with Gasteiger partial charge in [0.25, 0.3) is 0 Å². The summed E-state index contributed by atoms with van der Waals surface area (Å²) in [6, 6.07) is 18.8. The molecular weight excluding hydrogens is 933 g/mol. The van der Waals surface area contributed by atoms with Crippen molar-refractivity contribution in [2.24, 2.45) is 5.92 Å². The Balaban J connectivity index is 0.000000304. The van der Waals surface area contributed by atoms with Gasteiger partial charge in [-0.25, -0.2) is 0 Å². The minimum atomic E-state index is -1.27. The van der Waals surface area contributed by atoms with Gasteiger partial charge in [0.05, 0.1) is 14.8 Å². The van der Waals surface area contributed by atoms with E-state index in [1.807, 2.05) is 61.7 Å². The van der Waals surface area contributed by atoms with E-state index < -0.39 is 59.4 Å². The predicted octanol–water partition coefficient (Wildman–Crippen LogP) is 5.37. The summed E-state index contributed by atoms with van der Waals surface area (Å²) < 4.78 is 24.7. The van der Waals surface area contributed by atoms with Crippen LogP contribution in [0, 0.1) is 5.92 Å². The molecule has 0 aliphatic carbocycles. The molecule has 2 aromatic heterocycles. The van der Waals surface area contributed by atoms with Gasteiger partial charge < -0.3 is 39.4 Å². The van der Waals surface area contributed by atoms with E-state index in [9.17, 15) is 24.9 Å². The number of thiophene rings is 2. The van der Waals surface area contributed by atoms with Gasteiger partial charge in [0, 0.05) is 52.4 Å². The maximum Gasteiger partial charge on any atom is 1.00 e. The second-order valence-corrected chi connectivity index (χ2v) is 19.6. The number of thioether (sulfide) groups is 2. The first-order chi connectivity index (χ1) is 27.6. The molecule has 4 heterocycles. The molecule has 318 valence electrons. The topological polar surface area (TPSA) is 155 Å². The largest absolute Gasteiger partial charge is 1.00 e. The number of aliphatic hydroxyl groups is 3. The van der Waals surface area contributed by atoms with Crippen LogP contribution < -0.4 is 34.7 Å². The third-order valence-corrected chi connectivity index (χ3v) is 14.2. The average Bonchev–Trinajstić information content (AvgIpc) is 3.81. The fourth-order valence-corrected chi connectivity index (χ4v) is 10.6. The monoisotopic (exact) mass is 976 g/mol. The van der Waals surface area contributed by atoms with E-state index >= 15 is 0 Å². The van der Waals surface area contributed by atoms with Gasteiger partial charge in [0.2, 0.25) is 0 Å². The Kier molecular flexibility index (Phi) is 22.4. The van der Waals surface area contributed by atoms with Crippen molar-refractivity contribution in [1.29, 1.82) is 0 Å². The summed E-state index contributed by atoms with van der Waals surface area (Å²) in [7, 11) is 0.750. The summed E-state index contributed by atoms with van der Waals surface area (Å²) in [6.07, 6.45) is -1.14. The van der Waals surface area contributed by atoms with Crippen LogP contribution in [0.2, 0.25) is 18.7 Å². The Hall–Kier alpha value is -0.600. The Morgan fingerprint density at radius 1 is 0.678 bits per heavy atom. The number of aliphatic hydroxyl groups excluding tert-OH is 3. The standard InChI is InChI=1S/C22H24Cl2O5S2.C17H18Cl2O4S2.CH3O.Na/c1-11-19(29-22(30-4)21(28-13(3)26)20(11)27-12(2)25)14-5-7-17(23)15(9-14)10-16-6-8-18(24)31-16;1-24-17-15(22)13(20)14(21)16(23-17)8-2-4-11(18)9(6-8)7-10-3-5-12(19)25-10;1-2;/h5-9,11,19-22H,10H2,1-4H3;2-6,13-17,20-22H,7H2,1H3;1H3;/q;;-1;+1/t11-,19?,20+,21-,22+;13-,14-,15+,16?,17-;;/m01../s1. The van der Waals surface area contributed by atoms with Crippen LogP contribution >= 0.6 is 92.6 Å². The Labute approximate surface area is 403 Å². The van der Waals surface area contributed by atoms with Crippen molar-refractivity contribution in [3.05, 3.63) is 111 Å². The van der Waals surface area contributed by atoms with E-state index in [0.717, 1.165) is 37.9 Å². The SMILES string of the molecule is CS[C@H]1OC(c2ccc(Cl)c(Cc3ccc(Cl)s3)c2)[C@H](C)[C@@H](OC(C)=O)[C@@H]1OC(C)=O.CS[C@H]1OC(c2ccc(Cl)c(Cc3ccc(Cl)s3)c2)[C@H](O)[C@@H](O)[C@@H]1O.C[O-].[Na+]. The van der Waals surface area contributed by atoms with Crippen LogP contribution in [0.5, 0.6) is 0 Å². The Bertz CT molecular complexity index is 1970. The number of hydrogen-bond acceptors (Lipinski definition) is 14. The van der Waals surface area contributed by atoms with Gasteiger partial charge >= 0.3 is 41.5 Å². The van der Waals surface area contributed by atoms with Gasteiger partial charge in [-0.1, -0.05) is 77.6 Å². The zero-order valence-corrected chi connectivity index (χ0v) is 41.6. The molecule has 2 aliphatic rings. The number of carbonyl (C=O) groups is 2. The van der Waals surface area contributed by atoms with Gasteiger partial charge in [0.1, 0.15) is 41.4 Å². The van der Waals surface area contributed by atoms with E-state index in [0.29, 0.717) is 32.8 Å². The minimum absolute atomic E-state index is 0. The molecule has 2 aliphatic heterocycles. The third-order valence-electron chi connectivity index (χ3n) is 9.29. The number of carbonyl (C=O) groups excluding carboxylic acids is 2. The number of halogens is 4. The molecule has 0 spiro atoms. The predicted molar refractivity (Wildman–Crippen MR) is 234 cm³/mol. The molecule has 0 amide bonds. The molecule has 2 aromatic carbocycles. The van der Waals surface area contributed by atoms with E-state index in [1.54, 1.807) is 18.4 Å². The van der Waals surface area contributed by atoms with Crippen molar-refractivity contribution in [3.8, 4) is 0 Å². The van der Waals surface area contributed by atoms with E-state index in [2.05, 4.69) is 0 Å². The van der Waals surface area contributed by atoms with Crippen LogP contribution in [0.1, 0.15) is 65.0 Å². The number of hydrogen-bond donors (Lipinski definition) is 3. The Morgan fingerprint density at radius 2 is 1.12 bits per heavy atom. The fourth-order valence-electron chi connectivity index (χ4n) is 6.63. The zero-order valence-electron chi connectivity index (χ0n) is 33.3. The third kappa shape index (κ3) is 14.2. The van der Waals surface area contributed by atoms with E-state index in [1.165, 1.54) is 60.0 Å². The number of benzene rings is 2. The van der Waals surface area contributed by atoms with Crippen molar-refractivity contribution >= 4 is 105 Å². The maximum atomic E-state index is 11.8. The molecule has 2 fully saturated rings. The molecule has 19 heteroatoms. The first kappa shape index (κ1) is 52.7. The first-order valence-electron chi connectivity index (χ1n) is 17.8. The van der Waals surface area contributed by atoms with Crippen molar-refractivity contribution < 1.29 is 78.5 Å². The van der Waals surface area contributed by atoms with Crippen LogP contribution in [-0.2, 0) is 41.4 Å². The molecule has 0 radical (unpaired) electrons. The summed E-state index contributed by atoms with van der Waals surface area (Å²) in [6.45, 7) is 4.61. The summed E-state index contributed by atoms with van der Waals surface area (Å²) >= 11 is 30.5. The van der Waals surface area contributed by atoms with Gasteiger partial charge in [-0.15, -0.1) is 46.2 Å². The fraction of sp³-hybridized carbons (Fsp3) is 0.450. The molecule has 6 rings (SSSR count). The van der Waals surface area contributed by atoms with Crippen molar-refractivity contribution in [3.63, 3.8) is 0 Å². The van der Waals surface area contributed by atoms with Gasteiger partial charge in [-0.05, 0) is 71.2 Å². The minimum Gasteiger partial charge on any atom is -0.857 e. The van der Waals surface area contributed by atoms with Crippen LogP contribution in [-0.4, -0.2) is 88.3 Å². The molecule has 0 saturated carbocycles. The van der Waals surface area contributed by atoms with Crippen LogP contribution in [0.15, 0.2) is 60.7 Å². The first-order valence-corrected chi connectivity index (χ1v) is 23.5. The summed E-state index contributed by atoms with van der Waals surface area (Å²) in [4.78, 5) is 25.6. The van der Waals surface area contributed by atoms with Crippen LogP contribution in [0.25, 0.3) is 0 Å². The normalized spacial score (nSPS) is 26.3. The smallest absolute Gasteiger partial charge is 0.857 e. The second kappa shape index (κ2) is 25.0. The van der Waals surface area contributed by atoms with Crippen LogP contribution in [0.3, 0.4) is 0 Å². The van der Waals surface area contributed by atoms with Crippen molar-refractivity contribution in [2.75, 3.05) is 19.6 Å².